The lowest BCUT2D eigenvalue weighted by Gasteiger charge is -2.66. The van der Waals surface area contributed by atoms with Crippen LogP contribution in [0.1, 0.15) is 98.3 Å². The minimum absolute atomic E-state index is 0.0959. The van der Waals surface area contributed by atoms with Gasteiger partial charge in [0.15, 0.2) is 0 Å². The summed E-state index contributed by atoms with van der Waals surface area (Å²) in [5.41, 5.74) is -0.953. The summed E-state index contributed by atoms with van der Waals surface area (Å²) in [5, 5.41) is 11.8. The Kier molecular flexibility index (Phi) is 4.30. The van der Waals surface area contributed by atoms with Gasteiger partial charge in [-0.05, 0) is 86.9 Å². The van der Waals surface area contributed by atoms with Gasteiger partial charge in [0, 0.05) is 23.7 Å². The summed E-state index contributed by atoms with van der Waals surface area (Å²) in [7, 11) is 0. The number of ketones is 2. The van der Waals surface area contributed by atoms with Crippen molar-refractivity contribution in [1.82, 2.24) is 0 Å². The molecule has 0 bridgehead atoms. The molecular formula is C26H40O3. The molecule has 0 heterocycles. The second-order valence-electron chi connectivity index (χ2n) is 12.2. The Balaban J connectivity index is 1.56. The minimum atomic E-state index is -0.832. The van der Waals surface area contributed by atoms with Gasteiger partial charge in [0.2, 0.25) is 0 Å². The molecule has 162 valence electrons. The average molecular weight is 401 g/mol. The lowest BCUT2D eigenvalue weighted by atomic mass is 9.40. The summed E-state index contributed by atoms with van der Waals surface area (Å²) >= 11 is 0. The highest BCUT2D eigenvalue weighted by Crippen LogP contribution is 2.75. The Hall–Kier alpha value is -0.700. The number of carbonyl (C=O) groups is 2. The van der Waals surface area contributed by atoms with Gasteiger partial charge in [-0.3, -0.25) is 9.59 Å². The van der Waals surface area contributed by atoms with Crippen LogP contribution in [0.4, 0.5) is 0 Å². The molecule has 5 fully saturated rings. The molecule has 0 amide bonds. The van der Waals surface area contributed by atoms with Crippen molar-refractivity contribution < 1.29 is 14.7 Å². The van der Waals surface area contributed by atoms with Crippen LogP contribution in [0.15, 0.2) is 0 Å². The number of hydrogen-bond acceptors (Lipinski definition) is 3. The maximum Gasteiger partial charge on any atom is 0.136 e. The van der Waals surface area contributed by atoms with E-state index in [0.29, 0.717) is 42.3 Å². The molecular weight excluding hydrogens is 360 g/mol. The molecule has 5 aliphatic rings. The smallest absolute Gasteiger partial charge is 0.136 e. The molecule has 0 aromatic rings. The van der Waals surface area contributed by atoms with Crippen molar-refractivity contribution >= 4 is 11.6 Å². The zero-order chi connectivity index (χ0) is 20.8. The highest BCUT2D eigenvalue weighted by Gasteiger charge is 2.71. The first-order valence-corrected chi connectivity index (χ1v) is 12.4. The first-order valence-electron chi connectivity index (χ1n) is 12.4. The summed E-state index contributed by atoms with van der Waals surface area (Å²) in [6.45, 7) is 8.85. The second-order valence-corrected chi connectivity index (χ2v) is 12.2. The summed E-state index contributed by atoms with van der Waals surface area (Å²) in [4.78, 5) is 25.5. The Morgan fingerprint density at radius 2 is 1.76 bits per heavy atom. The SMILES string of the molecule is CC(=O)[C@@]12CCCC[C@@H]1C[C@@H]1[C@@H]3C[C@H](C)[C@@]4(O)CC(=O)CC[C@]4(C)[C@@H]3CC[C@@]12C. The van der Waals surface area contributed by atoms with Gasteiger partial charge < -0.3 is 5.11 Å². The van der Waals surface area contributed by atoms with Crippen LogP contribution < -0.4 is 0 Å². The van der Waals surface area contributed by atoms with Gasteiger partial charge in [-0.2, -0.15) is 0 Å². The van der Waals surface area contributed by atoms with Crippen molar-refractivity contribution in [3.63, 3.8) is 0 Å². The largest absolute Gasteiger partial charge is 0.389 e. The molecule has 3 nitrogen and oxygen atoms in total. The summed E-state index contributed by atoms with van der Waals surface area (Å²) < 4.78 is 0. The number of Topliss-reactive ketones (excluding diaryl/α,β-unsaturated/α-hetero) is 2. The predicted octanol–water partition coefficient (Wildman–Crippen LogP) is 5.33. The molecule has 0 unspecified atom stereocenters. The summed E-state index contributed by atoms with van der Waals surface area (Å²) in [6.07, 6.45) is 11.2. The van der Waals surface area contributed by atoms with Crippen molar-refractivity contribution in [3.8, 4) is 0 Å². The first kappa shape index (κ1) is 20.2. The van der Waals surface area contributed by atoms with E-state index < -0.39 is 5.60 Å². The van der Waals surface area contributed by atoms with Crippen molar-refractivity contribution in [2.75, 3.05) is 0 Å². The highest BCUT2D eigenvalue weighted by molar-refractivity contribution is 5.84. The number of carbonyl (C=O) groups excluding carboxylic acids is 2. The number of fused-ring (bicyclic) bond motifs is 7. The fourth-order valence-corrected chi connectivity index (χ4v) is 10.3. The van der Waals surface area contributed by atoms with E-state index in [1.807, 2.05) is 6.92 Å². The standard InChI is InChI=1S/C26H40O3/c1-16-13-20-21(24(4)11-8-19(28)15-26(16,24)29)9-12-23(3)22(20)14-18-7-5-6-10-25(18,23)17(2)27/h16,18,20-22,29H,5-15H2,1-4H3/t16-,18+,20+,21+,22+,23-,24+,25-,26-/m0/s1. The zero-order valence-corrected chi connectivity index (χ0v) is 18.9. The van der Waals surface area contributed by atoms with Gasteiger partial charge in [-0.1, -0.05) is 33.6 Å². The monoisotopic (exact) mass is 400 g/mol. The Morgan fingerprint density at radius 3 is 2.48 bits per heavy atom. The number of rotatable bonds is 1. The molecule has 1 N–H and O–H groups in total. The second kappa shape index (κ2) is 6.17. The third-order valence-electron chi connectivity index (χ3n) is 11.7. The van der Waals surface area contributed by atoms with E-state index in [2.05, 4.69) is 20.8 Å². The average Bonchev–Trinajstić information content (AvgIpc) is 2.95. The van der Waals surface area contributed by atoms with Gasteiger partial charge in [0.1, 0.15) is 11.6 Å². The van der Waals surface area contributed by atoms with Crippen molar-refractivity contribution in [3.05, 3.63) is 0 Å². The van der Waals surface area contributed by atoms with E-state index >= 15 is 0 Å². The Labute approximate surface area is 176 Å². The van der Waals surface area contributed by atoms with Crippen molar-refractivity contribution in [1.29, 1.82) is 0 Å². The topological polar surface area (TPSA) is 54.4 Å². The van der Waals surface area contributed by atoms with Crippen LogP contribution in [0.25, 0.3) is 0 Å². The molecule has 0 aromatic heterocycles. The molecule has 5 rings (SSSR count). The van der Waals surface area contributed by atoms with Crippen LogP contribution in [-0.4, -0.2) is 22.3 Å². The maximum atomic E-state index is 13.2. The Morgan fingerprint density at radius 1 is 1.00 bits per heavy atom. The van der Waals surface area contributed by atoms with Gasteiger partial charge in [-0.25, -0.2) is 0 Å². The van der Waals surface area contributed by atoms with Crippen LogP contribution in [0.3, 0.4) is 0 Å². The molecule has 0 aromatic carbocycles. The van der Waals surface area contributed by atoms with Crippen LogP contribution in [0.2, 0.25) is 0 Å². The molecule has 29 heavy (non-hydrogen) atoms. The first-order chi connectivity index (χ1) is 13.6. The third-order valence-corrected chi connectivity index (χ3v) is 11.7. The molecule has 3 heteroatoms. The van der Waals surface area contributed by atoms with Crippen LogP contribution in [0.5, 0.6) is 0 Å². The molecule has 9 atom stereocenters. The summed E-state index contributed by atoms with van der Waals surface area (Å²) in [5.74, 6) is 3.15. The highest BCUT2D eigenvalue weighted by atomic mass is 16.3. The molecule has 0 saturated heterocycles. The van der Waals surface area contributed by atoms with Gasteiger partial charge in [0.25, 0.3) is 0 Å². The molecule has 0 aliphatic heterocycles. The normalized spacial score (nSPS) is 56.7. The van der Waals surface area contributed by atoms with Crippen LogP contribution >= 0.6 is 0 Å². The maximum absolute atomic E-state index is 13.2. The molecule has 5 aliphatic carbocycles. The number of aliphatic hydroxyl groups is 1. The summed E-state index contributed by atoms with van der Waals surface area (Å²) in [6, 6.07) is 0. The van der Waals surface area contributed by atoms with Crippen molar-refractivity contribution in [2.24, 2.45) is 45.8 Å². The van der Waals surface area contributed by atoms with Crippen LogP contribution in [-0.2, 0) is 9.59 Å². The van der Waals surface area contributed by atoms with E-state index in [4.69, 9.17) is 0 Å². The lowest BCUT2D eigenvalue weighted by molar-refractivity contribution is -0.230. The Bertz CT molecular complexity index is 744. The fourth-order valence-electron chi connectivity index (χ4n) is 10.3. The van der Waals surface area contributed by atoms with E-state index in [9.17, 15) is 14.7 Å². The fraction of sp³-hybridized carbons (Fsp3) is 0.923. The van der Waals surface area contributed by atoms with Gasteiger partial charge in [0.05, 0.1) is 5.60 Å². The van der Waals surface area contributed by atoms with E-state index in [-0.39, 0.29) is 27.9 Å². The van der Waals surface area contributed by atoms with Gasteiger partial charge >= 0.3 is 0 Å². The predicted molar refractivity (Wildman–Crippen MR) is 113 cm³/mol. The molecule has 0 spiro atoms. The third kappa shape index (κ3) is 2.24. The number of hydrogen-bond donors (Lipinski definition) is 1. The van der Waals surface area contributed by atoms with E-state index in [1.54, 1.807) is 0 Å². The zero-order valence-electron chi connectivity index (χ0n) is 18.9. The van der Waals surface area contributed by atoms with Crippen LogP contribution in [0, 0.1) is 45.8 Å². The van der Waals surface area contributed by atoms with E-state index in [1.165, 1.54) is 25.7 Å². The minimum Gasteiger partial charge on any atom is -0.389 e. The lowest BCUT2D eigenvalue weighted by Crippen LogP contribution is -2.66. The van der Waals surface area contributed by atoms with Gasteiger partial charge in [-0.15, -0.1) is 0 Å². The van der Waals surface area contributed by atoms with Crippen molar-refractivity contribution in [2.45, 2.75) is 104 Å². The quantitative estimate of drug-likeness (QED) is 0.647. The van der Waals surface area contributed by atoms with E-state index in [0.717, 1.165) is 32.1 Å². The molecule has 0 radical (unpaired) electrons. The molecule has 5 saturated carbocycles.